The predicted octanol–water partition coefficient (Wildman–Crippen LogP) is 2.97. The standard InChI is InChI=1S/C18H23ClF3N5O/c1-3-23-16(26-12-13-6-4-5-7-14(13)19)25-9-8-17(28,18(20,21)22)15-24-10-11-27(15)2/h4-7,10-11,28H,3,8-9,12H2,1-2H3,(H2,23,25,26). The van der Waals surface area contributed by atoms with Crippen LogP contribution in [-0.4, -0.2) is 39.9 Å². The maximum Gasteiger partial charge on any atom is 0.424 e. The zero-order chi connectivity index (χ0) is 20.8. The van der Waals surface area contributed by atoms with E-state index < -0.39 is 24.0 Å². The number of hydrogen-bond donors (Lipinski definition) is 3. The smallest absolute Gasteiger partial charge is 0.374 e. The number of aliphatic hydroxyl groups is 1. The predicted molar refractivity (Wildman–Crippen MR) is 102 cm³/mol. The minimum absolute atomic E-state index is 0.169. The van der Waals surface area contributed by atoms with Crippen LogP contribution in [0.1, 0.15) is 24.7 Å². The van der Waals surface area contributed by atoms with Gasteiger partial charge in [-0.25, -0.2) is 9.98 Å². The van der Waals surface area contributed by atoms with Gasteiger partial charge in [0.2, 0.25) is 5.60 Å². The third kappa shape index (κ3) is 5.17. The van der Waals surface area contributed by atoms with Gasteiger partial charge in [-0.3, -0.25) is 0 Å². The van der Waals surface area contributed by atoms with Gasteiger partial charge in [0.25, 0.3) is 0 Å². The summed E-state index contributed by atoms with van der Waals surface area (Å²) in [6, 6.07) is 7.18. The summed E-state index contributed by atoms with van der Waals surface area (Å²) in [5.74, 6) is -0.133. The molecule has 1 aromatic carbocycles. The molecule has 10 heteroatoms. The summed E-state index contributed by atoms with van der Waals surface area (Å²) < 4.78 is 41.8. The van der Waals surface area contributed by atoms with Crippen molar-refractivity contribution >= 4 is 17.6 Å². The van der Waals surface area contributed by atoms with E-state index in [4.69, 9.17) is 11.6 Å². The highest BCUT2D eigenvalue weighted by atomic mass is 35.5. The molecule has 2 rings (SSSR count). The molecule has 0 aliphatic carbocycles. The summed E-state index contributed by atoms with van der Waals surface area (Å²) in [7, 11) is 1.40. The van der Waals surface area contributed by atoms with E-state index in [-0.39, 0.29) is 13.1 Å². The Hall–Kier alpha value is -2.26. The largest absolute Gasteiger partial charge is 0.424 e. The first-order valence-corrected chi connectivity index (χ1v) is 9.09. The van der Waals surface area contributed by atoms with E-state index in [0.717, 1.165) is 10.1 Å². The first kappa shape index (κ1) is 22.0. The zero-order valence-electron chi connectivity index (χ0n) is 15.6. The van der Waals surface area contributed by atoms with E-state index in [1.54, 1.807) is 12.1 Å². The van der Waals surface area contributed by atoms with E-state index in [1.807, 2.05) is 19.1 Å². The van der Waals surface area contributed by atoms with E-state index >= 15 is 0 Å². The average Bonchev–Trinajstić information content (AvgIpc) is 3.06. The second-order valence-electron chi connectivity index (χ2n) is 6.18. The number of guanidine groups is 1. The maximum atomic E-state index is 13.5. The zero-order valence-corrected chi connectivity index (χ0v) is 16.3. The summed E-state index contributed by atoms with van der Waals surface area (Å²) in [5, 5.41) is 16.7. The van der Waals surface area contributed by atoms with Crippen LogP contribution in [0, 0.1) is 0 Å². The average molecular weight is 418 g/mol. The van der Waals surface area contributed by atoms with E-state index in [0.29, 0.717) is 17.5 Å². The highest BCUT2D eigenvalue weighted by Gasteiger charge is 2.57. The molecule has 0 saturated heterocycles. The third-order valence-electron chi connectivity index (χ3n) is 4.15. The van der Waals surface area contributed by atoms with Crippen molar-refractivity contribution in [3.63, 3.8) is 0 Å². The number of alkyl halides is 3. The number of hydrogen-bond acceptors (Lipinski definition) is 3. The van der Waals surface area contributed by atoms with Crippen LogP contribution in [0.5, 0.6) is 0 Å². The minimum Gasteiger partial charge on any atom is -0.374 e. The molecule has 0 amide bonds. The molecular formula is C18H23ClF3N5O. The Kier molecular flexibility index (Phi) is 7.31. The Morgan fingerprint density at radius 2 is 2.00 bits per heavy atom. The fraction of sp³-hybridized carbons (Fsp3) is 0.444. The van der Waals surface area contributed by atoms with Gasteiger partial charge >= 0.3 is 6.18 Å². The Bertz CT molecular complexity index is 809. The quantitative estimate of drug-likeness (QED) is 0.478. The molecule has 28 heavy (non-hydrogen) atoms. The molecule has 0 bridgehead atoms. The molecular weight excluding hydrogens is 395 g/mol. The number of aliphatic imine (C=N–C) groups is 1. The fourth-order valence-electron chi connectivity index (χ4n) is 2.64. The number of aromatic nitrogens is 2. The van der Waals surface area contributed by atoms with Crippen LogP contribution in [-0.2, 0) is 19.2 Å². The molecule has 1 aromatic heterocycles. The fourth-order valence-corrected chi connectivity index (χ4v) is 2.83. The van der Waals surface area contributed by atoms with Crippen molar-refractivity contribution in [2.45, 2.75) is 31.7 Å². The van der Waals surface area contributed by atoms with Gasteiger partial charge in [0.1, 0.15) is 5.82 Å². The van der Waals surface area contributed by atoms with Crippen molar-refractivity contribution in [3.8, 4) is 0 Å². The molecule has 1 heterocycles. The van der Waals surface area contributed by atoms with Crippen molar-refractivity contribution in [3.05, 3.63) is 53.1 Å². The lowest BCUT2D eigenvalue weighted by molar-refractivity contribution is -0.272. The molecule has 1 atom stereocenters. The van der Waals surface area contributed by atoms with E-state index in [9.17, 15) is 18.3 Å². The molecule has 0 aliphatic rings. The maximum absolute atomic E-state index is 13.5. The number of nitrogens with one attached hydrogen (secondary N) is 2. The first-order valence-electron chi connectivity index (χ1n) is 8.71. The van der Waals surface area contributed by atoms with Crippen LogP contribution < -0.4 is 10.6 Å². The van der Waals surface area contributed by atoms with Crippen molar-refractivity contribution in [2.75, 3.05) is 13.1 Å². The third-order valence-corrected chi connectivity index (χ3v) is 4.52. The molecule has 0 radical (unpaired) electrons. The second kappa shape index (κ2) is 9.29. The Morgan fingerprint density at radius 3 is 2.57 bits per heavy atom. The number of aryl methyl sites for hydroxylation is 1. The van der Waals surface area contributed by atoms with E-state index in [1.165, 1.54) is 19.4 Å². The van der Waals surface area contributed by atoms with Crippen molar-refractivity contribution < 1.29 is 18.3 Å². The second-order valence-corrected chi connectivity index (χ2v) is 6.59. The van der Waals surface area contributed by atoms with Crippen LogP contribution in [0.25, 0.3) is 0 Å². The van der Waals surface area contributed by atoms with Crippen LogP contribution in [0.15, 0.2) is 41.7 Å². The number of halogens is 4. The highest BCUT2D eigenvalue weighted by Crippen LogP contribution is 2.40. The number of nitrogens with zero attached hydrogens (tertiary/aromatic N) is 3. The van der Waals surface area contributed by atoms with Gasteiger partial charge in [-0.15, -0.1) is 0 Å². The normalized spacial score (nSPS) is 14.6. The van der Waals surface area contributed by atoms with Gasteiger partial charge < -0.3 is 20.3 Å². The molecule has 0 spiro atoms. The Balaban J connectivity index is 2.09. The van der Waals surface area contributed by atoms with Crippen molar-refractivity contribution in [2.24, 2.45) is 12.0 Å². The molecule has 0 saturated carbocycles. The highest BCUT2D eigenvalue weighted by molar-refractivity contribution is 6.31. The lowest BCUT2D eigenvalue weighted by Gasteiger charge is -2.30. The van der Waals surface area contributed by atoms with Crippen molar-refractivity contribution in [1.29, 1.82) is 0 Å². The monoisotopic (exact) mass is 417 g/mol. The summed E-state index contributed by atoms with van der Waals surface area (Å²) >= 11 is 6.09. The summed E-state index contributed by atoms with van der Waals surface area (Å²) in [6.45, 7) is 2.46. The number of benzene rings is 1. The summed E-state index contributed by atoms with van der Waals surface area (Å²) in [4.78, 5) is 8.01. The number of imidazole rings is 1. The molecule has 0 aliphatic heterocycles. The van der Waals surface area contributed by atoms with Crippen LogP contribution in [0.4, 0.5) is 13.2 Å². The summed E-state index contributed by atoms with van der Waals surface area (Å²) in [5.41, 5.74) is -2.28. The van der Waals surface area contributed by atoms with Crippen molar-refractivity contribution in [1.82, 2.24) is 20.2 Å². The summed E-state index contributed by atoms with van der Waals surface area (Å²) in [6.07, 6.45) is -2.93. The van der Waals surface area contributed by atoms with Crippen LogP contribution in [0.3, 0.4) is 0 Å². The van der Waals surface area contributed by atoms with Crippen LogP contribution >= 0.6 is 11.6 Å². The number of rotatable bonds is 7. The van der Waals surface area contributed by atoms with Gasteiger partial charge in [0, 0.05) is 44.0 Å². The Labute approximate surface area is 166 Å². The van der Waals surface area contributed by atoms with Gasteiger partial charge in [-0.05, 0) is 18.6 Å². The SMILES string of the molecule is CCNC(=NCc1ccccc1Cl)NCCC(O)(c1nccn1C)C(F)(F)F. The molecule has 3 N–H and O–H groups in total. The Morgan fingerprint density at radius 1 is 1.29 bits per heavy atom. The lowest BCUT2D eigenvalue weighted by atomic mass is 9.97. The molecule has 1 unspecified atom stereocenters. The van der Waals surface area contributed by atoms with Gasteiger partial charge in [-0.1, -0.05) is 29.8 Å². The molecule has 0 fully saturated rings. The van der Waals surface area contributed by atoms with Gasteiger partial charge in [0.15, 0.2) is 5.96 Å². The molecule has 6 nitrogen and oxygen atoms in total. The first-order chi connectivity index (χ1) is 13.2. The minimum atomic E-state index is -4.87. The molecule has 154 valence electrons. The van der Waals surface area contributed by atoms with Gasteiger partial charge in [-0.2, -0.15) is 13.2 Å². The van der Waals surface area contributed by atoms with Crippen LogP contribution in [0.2, 0.25) is 5.02 Å². The lowest BCUT2D eigenvalue weighted by Crippen LogP contribution is -2.47. The molecule has 2 aromatic rings. The van der Waals surface area contributed by atoms with E-state index in [2.05, 4.69) is 20.6 Å². The topological polar surface area (TPSA) is 74.5 Å². The van der Waals surface area contributed by atoms with Gasteiger partial charge in [0.05, 0.1) is 6.54 Å².